The van der Waals surface area contributed by atoms with Gasteiger partial charge in [-0.25, -0.2) is 22.9 Å². The van der Waals surface area contributed by atoms with E-state index < -0.39 is 52.0 Å². The Hall–Kier alpha value is -4.13. The number of hydrogen-bond donors (Lipinski definition) is 2. The minimum Gasteiger partial charge on any atom is -0.493 e. The maximum absolute atomic E-state index is 15.9. The Bertz CT molecular complexity index is 1850. The van der Waals surface area contributed by atoms with E-state index in [2.05, 4.69) is 6.07 Å². The molecule has 5 rings (SSSR count). The Labute approximate surface area is 249 Å². The quantitative estimate of drug-likeness (QED) is 0.248. The molecule has 0 fully saturated rings. The molecule has 2 heterocycles. The van der Waals surface area contributed by atoms with E-state index in [0.29, 0.717) is 0 Å². The number of carbonyl (C=O) groups is 1. The number of imidazole rings is 1. The molecule has 0 spiro atoms. The molecular formula is C31H25Cl2F2N3O4. The van der Waals surface area contributed by atoms with Crippen LogP contribution in [0.3, 0.4) is 0 Å². The number of aromatic carboxylic acids is 1. The number of fused-ring (bicyclic) bond motifs is 1. The molecule has 0 bridgehead atoms. The molecule has 11 heteroatoms. The molecule has 0 unspecified atom stereocenters. The zero-order valence-electron chi connectivity index (χ0n) is 22.7. The smallest absolute Gasteiger partial charge is 0.336 e. The molecule has 3 atom stereocenters. The van der Waals surface area contributed by atoms with E-state index in [-0.39, 0.29) is 44.5 Å². The molecule has 1 aromatic heterocycles. The summed E-state index contributed by atoms with van der Waals surface area (Å²) in [6.45, 7) is 5.62. The number of rotatable bonds is 5. The highest BCUT2D eigenvalue weighted by Gasteiger charge is 2.61. The molecule has 0 aliphatic carbocycles. The maximum Gasteiger partial charge on any atom is 0.336 e. The Morgan fingerprint density at radius 3 is 2.40 bits per heavy atom. The second-order valence-corrected chi connectivity index (χ2v) is 12.4. The van der Waals surface area contributed by atoms with Gasteiger partial charge in [-0.05, 0) is 48.2 Å². The van der Waals surface area contributed by atoms with Crippen molar-refractivity contribution in [3.63, 3.8) is 0 Å². The summed E-state index contributed by atoms with van der Waals surface area (Å²) >= 11 is 12.2. The van der Waals surface area contributed by atoms with Crippen molar-refractivity contribution in [3.8, 4) is 17.6 Å². The zero-order valence-corrected chi connectivity index (χ0v) is 24.2. The van der Waals surface area contributed by atoms with Crippen LogP contribution in [-0.4, -0.2) is 25.3 Å². The first-order chi connectivity index (χ1) is 19.7. The van der Waals surface area contributed by atoms with Gasteiger partial charge < -0.3 is 10.2 Å². The van der Waals surface area contributed by atoms with E-state index in [9.17, 15) is 25.1 Å². The summed E-state index contributed by atoms with van der Waals surface area (Å²) in [4.78, 5) is 25.9. The fraction of sp³-hybridized carbons (Fsp3) is 0.258. The van der Waals surface area contributed by atoms with Crippen LogP contribution < -0.4 is 5.69 Å². The number of nitrogens with zero attached hydrogens (tertiary/aromatic N) is 3. The van der Waals surface area contributed by atoms with Crippen molar-refractivity contribution in [1.82, 2.24) is 9.13 Å². The normalized spacial score (nSPS) is 19.9. The fourth-order valence-corrected chi connectivity index (χ4v) is 6.38. The first-order valence-electron chi connectivity index (χ1n) is 12.9. The van der Waals surface area contributed by atoms with Crippen LogP contribution in [0.4, 0.5) is 8.78 Å². The van der Waals surface area contributed by atoms with Crippen molar-refractivity contribution >= 4 is 29.2 Å². The van der Waals surface area contributed by atoms with Gasteiger partial charge in [-0.2, -0.15) is 5.26 Å². The first kappa shape index (κ1) is 29.4. The van der Waals surface area contributed by atoms with Crippen LogP contribution >= 0.6 is 23.2 Å². The summed E-state index contributed by atoms with van der Waals surface area (Å²) in [7, 11) is 0. The molecular weight excluding hydrogens is 587 g/mol. The standard InChI is InChI=1S/C31H25Cl2F2N3O4/c1-30(2,3)14-23-31(15-36,20-11-10-17(32)13-22(20)34)24(19-8-5-9-21(33)25(19)35)26-27(39)37(29(42)38(23)26)18-7-4-6-16(12-18)28(40)41/h4-13,23-24,39H,14H2,1-3H3,(H,40,41)/t23-,24-,31-/m0/s1. The number of aromatic nitrogens is 2. The number of benzene rings is 3. The molecule has 2 N–H and O–H groups in total. The number of hydrogen-bond acceptors (Lipinski definition) is 4. The largest absolute Gasteiger partial charge is 0.493 e. The van der Waals surface area contributed by atoms with Crippen LogP contribution in [0.2, 0.25) is 10.0 Å². The van der Waals surface area contributed by atoms with Gasteiger partial charge in [0.15, 0.2) is 0 Å². The molecule has 0 saturated heterocycles. The molecule has 216 valence electrons. The number of carboxylic acid groups (broad SMARTS) is 1. The van der Waals surface area contributed by atoms with Gasteiger partial charge in [0.2, 0.25) is 5.88 Å². The molecule has 4 aromatic rings. The highest BCUT2D eigenvalue weighted by molar-refractivity contribution is 6.31. The van der Waals surface area contributed by atoms with Crippen LogP contribution in [0.15, 0.2) is 65.5 Å². The summed E-state index contributed by atoms with van der Waals surface area (Å²) in [6.07, 6.45) is 0.132. The van der Waals surface area contributed by atoms with Gasteiger partial charge in [0.05, 0.1) is 40.0 Å². The van der Waals surface area contributed by atoms with Crippen molar-refractivity contribution in [3.05, 3.63) is 115 Å². The molecule has 1 aliphatic heterocycles. The van der Waals surface area contributed by atoms with E-state index in [1.165, 1.54) is 59.2 Å². The van der Waals surface area contributed by atoms with Gasteiger partial charge in [-0.3, -0.25) is 4.57 Å². The third-order valence-electron chi connectivity index (χ3n) is 7.68. The third-order valence-corrected chi connectivity index (χ3v) is 8.20. The van der Waals surface area contributed by atoms with Crippen LogP contribution in [0.25, 0.3) is 5.69 Å². The zero-order chi connectivity index (χ0) is 30.7. The summed E-state index contributed by atoms with van der Waals surface area (Å²) in [5.41, 5.74) is -3.78. The van der Waals surface area contributed by atoms with Gasteiger partial charge >= 0.3 is 11.7 Å². The second kappa shape index (κ2) is 10.3. The number of halogens is 4. The van der Waals surface area contributed by atoms with E-state index in [1.807, 2.05) is 20.8 Å². The maximum atomic E-state index is 15.9. The van der Waals surface area contributed by atoms with Crippen molar-refractivity contribution in [2.24, 2.45) is 5.41 Å². The Balaban J connectivity index is 1.95. The molecule has 0 radical (unpaired) electrons. The Morgan fingerprint density at radius 2 is 1.79 bits per heavy atom. The van der Waals surface area contributed by atoms with Gasteiger partial charge in [0.1, 0.15) is 17.0 Å². The lowest BCUT2D eigenvalue weighted by atomic mass is 9.63. The summed E-state index contributed by atoms with van der Waals surface area (Å²) in [6, 6.07) is 14.5. The Morgan fingerprint density at radius 1 is 1.10 bits per heavy atom. The number of carboxylic acids is 1. The van der Waals surface area contributed by atoms with E-state index in [1.54, 1.807) is 0 Å². The predicted molar refractivity (Wildman–Crippen MR) is 154 cm³/mol. The number of nitriles is 1. The average Bonchev–Trinajstić information content (AvgIpc) is 3.33. The van der Waals surface area contributed by atoms with Crippen LogP contribution in [0, 0.1) is 28.4 Å². The third kappa shape index (κ3) is 4.46. The van der Waals surface area contributed by atoms with Crippen molar-refractivity contribution in [2.75, 3.05) is 0 Å². The lowest BCUT2D eigenvalue weighted by molar-refractivity contribution is 0.0696. The van der Waals surface area contributed by atoms with E-state index >= 15 is 8.78 Å². The minimum absolute atomic E-state index is 0.0411. The Kier molecular flexibility index (Phi) is 7.20. The molecule has 1 aliphatic rings. The number of aromatic hydroxyl groups is 1. The fourth-order valence-electron chi connectivity index (χ4n) is 6.04. The second-order valence-electron chi connectivity index (χ2n) is 11.5. The minimum atomic E-state index is -1.94. The highest BCUT2D eigenvalue weighted by atomic mass is 35.5. The van der Waals surface area contributed by atoms with Gasteiger partial charge in [0, 0.05) is 16.1 Å². The van der Waals surface area contributed by atoms with Crippen molar-refractivity contribution in [1.29, 1.82) is 5.26 Å². The van der Waals surface area contributed by atoms with Crippen LogP contribution in [0.5, 0.6) is 5.88 Å². The van der Waals surface area contributed by atoms with Crippen molar-refractivity contribution in [2.45, 2.75) is 44.6 Å². The summed E-state index contributed by atoms with van der Waals surface area (Å²) in [5, 5.41) is 32.0. The van der Waals surface area contributed by atoms with E-state index in [4.69, 9.17) is 23.2 Å². The van der Waals surface area contributed by atoms with Gasteiger partial charge in [-0.15, -0.1) is 0 Å². The van der Waals surface area contributed by atoms with Gasteiger partial charge in [-0.1, -0.05) is 68.2 Å². The molecule has 3 aromatic carbocycles. The molecule has 7 nitrogen and oxygen atoms in total. The SMILES string of the molecule is CC(C)(C)C[C@@H]1n2c(c(O)n(-c3cccc(C(=O)O)c3)c2=O)[C@H](c2cccc(Cl)c2F)[C@@]1(C#N)c1ccc(Cl)cc1F. The van der Waals surface area contributed by atoms with Crippen LogP contribution in [0.1, 0.15) is 66.3 Å². The monoisotopic (exact) mass is 611 g/mol. The predicted octanol–water partition coefficient (Wildman–Crippen LogP) is 7.21. The van der Waals surface area contributed by atoms with E-state index in [0.717, 1.165) is 10.6 Å². The highest BCUT2D eigenvalue weighted by Crippen LogP contribution is 2.60. The lowest BCUT2D eigenvalue weighted by Crippen LogP contribution is -2.41. The first-order valence-corrected chi connectivity index (χ1v) is 13.7. The molecule has 42 heavy (non-hydrogen) atoms. The average molecular weight is 612 g/mol. The molecule has 0 amide bonds. The summed E-state index contributed by atoms with van der Waals surface area (Å²) < 4.78 is 33.8. The van der Waals surface area contributed by atoms with Crippen LogP contribution in [-0.2, 0) is 5.41 Å². The molecule has 0 saturated carbocycles. The topological polar surface area (TPSA) is 108 Å². The lowest BCUT2D eigenvalue weighted by Gasteiger charge is -2.38. The van der Waals surface area contributed by atoms with Crippen molar-refractivity contribution < 1.29 is 23.8 Å². The van der Waals surface area contributed by atoms with Gasteiger partial charge in [0.25, 0.3) is 0 Å². The summed E-state index contributed by atoms with van der Waals surface area (Å²) in [5.74, 6) is -5.04.